The Bertz CT molecular complexity index is 369. The van der Waals surface area contributed by atoms with Crippen molar-refractivity contribution in [3.8, 4) is 0 Å². The van der Waals surface area contributed by atoms with E-state index in [-0.39, 0.29) is 0 Å². The van der Waals surface area contributed by atoms with Crippen molar-refractivity contribution in [2.75, 3.05) is 6.54 Å². The molecule has 0 aromatic heterocycles. The fourth-order valence-electron chi connectivity index (χ4n) is 2.87. The van der Waals surface area contributed by atoms with E-state index in [0.29, 0.717) is 12.0 Å². The minimum Gasteiger partial charge on any atom is -0.310 e. The standard InChI is InChI=1S/C16H23N/c1-4-9-17-16(12(2)3)15-10-13-7-5-6-8-14(13)11-15/h5-8,15-17H,2,4,9-11H2,1,3H3. The number of fused-ring (bicyclic) bond motifs is 1. The van der Waals surface area contributed by atoms with Crippen molar-refractivity contribution in [1.29, 1.82) is 0 Å². The fourth-order valence-corrected chi connectivity index (χ4v) is 2.87. The monoisotopic (exact) mass is 229 g/mol. The maximum Gasteiger partial charge on any atom is 0.0308 e. The Kier molecular flexibility index (Phi) is 4.01. The summed E-state index contributed by atoms with van der Waals surface area (Å²) in [6.45, 7) is 9.60. The zero-order valence-corrected chi connectivity index (χ0v) is 11.0. The quantitative estimate of drug-likeness (QED) is 0.764. The summed E-state index contributed by atoms with van der Waals surface area (Å²) in [7, 11) is 0. The number of hydrogen-bond donors (Lipinski definition) is 1. The summed E-state index contributed by atoms with van der Waals surface area (Å²) in [6.07, 6.45) is 3.58. The van der Waals surface area contributed by atoms with Crippen LogP contribution in [0.1, 0.15) is 31.4 Å². The maximum absolute atomic E-state index is 4.15. The Morgan fingerprint density at radius 1 is 1.35 bits per heavy atom. The van der Waals surface area contributed by atoms with Crippen molar-refractivity contribution in [3.63, 3.8) is 0 Å². The van der Waals surface area contributed by atoms with Crippen LogP contribution >= 0.6 is 0 Å². The topological polar surface area (TPSA) is 12.0 Å². The molecule has 92 valence electrons. The van der Waals surface area contributed by atoms with E-state index >= 15 is 0 Å². The van der Waals surface area contributed by atoms with Gasteiger partial charge in [-0.3, -0.25) is 0 Å². The van der Waals surface area contributed by atoms with Gasteiger partial charge in [-0.2, -0.15) is 0 Å². The Balaban J connectivity index is 2.06. The summed E-state index contributed by atoms with van der Waals surface area (Å²) >= 11 is 0. The van der Waals surface area contributed by atoms with Crippen molar-refractivity contribution in [1.82, 2.24) is 5.32 Å². The molecule has 1 atom stereocenters. The van der Waals surface area contributed by atoms with E-state index < -0.39 is 0 Å². The van der Waals surface area contributed by atoms with Gasteiger partial charge in [0.2, 0.25) is 0 Å². The highest BCUT2D eigenvalue weighted by atomic mass is 14.9. The van der Waals surface area contributed by atoms with Gasteiger partial charge in [0, 0.05) is 6.04 Å². The lowest BCUT2D eigenvalue weighted by molar-refractivity contribution is 0.406. The summed E-state index contributed by atoms with van der Waals surface area (Å²) in [5.74, 6) is 0.691. The first-order valence-electron chi connectivity index (χ1n) is 6.68. The minimum absolute atomic E-state index is 0.474. The van der Waals surface area contributed by atoms with Crippen molar-refractivity contribution in [2.45, 2.75) is 39.2 Å². The second-order valence-electron chi connectivity index (χ2n) is 5.22. The van der Waals surface area contributed by atoms with Crippen LogP contribution in [0.3, 0.4) is 0 Å². The van der Waals surface area contributed by atoms with Gasteiger partial charge in [0.05, 0.1) is 0 Å². The third kappa shape index (κ3) is 2.78. The van der Waals surface area contributed by atoms with Gasteiger partial charge >= 0.3 is 0 Å². The molecule has 1 unspecified atom stereocenters. The van der Waals surface area contributed by atoms with Crippen LogP contribution < -0.4 is 5.32 Å². The molecule has 1 nitrogen and oxygen atoms in total. The largest absolute Gasteiger partial charge is 0.310 e. The SMILES string of the molecule is C=C(C)C(NCCC)C1Cc2ccccc2C1. The average molecular weight is 229 g/mol. The van der Waals surface area contributed by atoms with Gasteiger partial charge in [-0.15, -0.1) is 0 Å². The maximum atomic E-state index is 4.15. The molecule has 1 aliphatic rings. The van der Waals surface area contributed by atoms with Gasteiger partial charge in [0.25, 0.3) is 0 Å². The normalized spacial score (nSPS) is 16.8. The van der Waals surface area contributed by atoms with Crippen LogP contribution in [-0.2, 0) is 12.8 Å². The Hall–Kier alpha value is -1.08. The molecule has 0 heterocycles. The summed E-state index contributed by atoms with van der Waals surface area (Å²) in [4.78, 5) is 0. The summed E-state index contributed by atoms with van der Waals surface area (Å²) in [5.41, 5.74) is 4.33. The van der Waals surface area contributed by atoms with E-state index in [1.165, 1.54) is 36.0 Å². The predicted molar refractivity (Wildman–Crippen MR) is 74.2 cm³/mol. The van der Waals surface area contributed by atoms with Crippen molar-refractivity contribution in [2.24, 2.45) is 5.92 Å². The van der Waals surface area contributed by atoms with E-state index in [1.54, 1.807) is 0 Å². The highest BCUT2D eigenvalue weighted by Crippen LogP contribution is 2.30. The van der Waals surface area contributed by atoms with E-state index in [1.807, 2.05) is 0 Å². The van der Waals surface area contributed by atoms with E-state index in [4.69, 9.17) is 0 Å². The first kappa shape index (κ1) is 12.4. The van der Waals surface area contributed by atoms with Crippen LogP contribution in [0.15, 0.2) is 36.4 Å². The van der Waals surface area contributed by atoms with Crippen LogP contribution in [0.2, 0.25) is 0 Å². The highest BCUT2D eigenvalue weighted by Gasteiger charge is 2.28. The molecule has 0 spiro atoms. The summed E-state index contributed by atoms with van der Waals surface area (Å²) in [6, 6.07) is 9.31. The second-order valence-corrected chi connectivity index (χ2v) is 5.22. The molecule has 0 aliphatic heterocycles. The van der Waals surface area contributed by atoms with Crippen LogP contribution in [0, 0.1) is 5.92 Å². The lowest BCUT2D eigenvalue weighted by Crippen LogP contribution is -2.37. The lowest BCUT2D eigenvalue weighted by atomic mass is 9.91. The number of rotatable bonds is 5. The molecule has 1 aliphatic carbocycles. The van der Waals surface area contributed by atoms with Crippen molar-refractivity contribution < 1.29 is 0 Å². The number of hydrogen-bond acceptors (Lipinski definition) is 1. The number of benzene rings is 1. The average Bonchev–Trinajstić information content (AvgIpc) is 2.72. The molecule has 0 bridgehead atoms. The van der Waals surface area contributed by atoms with E-state index in [9.17, 15) is 0 Å². The van der Waals surface area contributed by atoms with Gasteiger partial charge in [-0.05, 0) is 49.8 Å². The molecule has 0 amide bonds. The van der Waals surface area contributed by atoms with Gasteiger partial charge in [-0.1, -0.05) is 43.3 Å². The Morgan fingerprint density at radius 2 is 1.94 bits per heavy atom. The molecule has 17 heavy (non-hydrogen) atoms. The summed E-state index contributed by atoms with van der Waals surface area (Å²) in [5, 5.41) is 3.65. The van der Waals surface area contributed by atoms with E-state index in [0.717, 1.165) is 6.54 Å². The van der Waals surface area contributed by atoms with Gasteiger partial charge in [-0.25, -0.2) is 0 Å². The smallest absolute Gasteiger partial charge is 0.0308 e. The first-order chi connectivity index (χ1) is 8.22. The Morgan fingerprint density at radius 3 is 2.41 bits per heavy atom. The zero-order valence-electron chi connectivity index (χ0n) is 11.0. The third-order valence-electron chi connectivity index (χ3n) is 3.70. The lowest BCUT2D eigenvalue weighted by Gasteiger charge is -2.25. The van der Waals surface area contributed by atoms with Gasteiger partial charge in [0.1, 0.15) is 0 Å². The predicted octanol–water partition coefficient (Wildman–Crippen LogP) is 3.35. The highest BCUT2D eigenvalue weighted by molar-refractivity contribution is 5.33. The van der Waals surface area contributed by atoms with Gasteiger partial charge in [0.15, 0.2) is 0 Å². The zero-order chi connectivity index (χ0) is 12.3. The molecule has 0 fully saturated rings. The van der Waals surface area contributed by atoms with Crippen molar-refractivity contribution in [3.05, 3.63) is 47.5 Å². The second kappa shape index (κ2) is 5.50. The van der Waals surface area contributed by atoms with Crippen LogP contribution in [-0.4, -0.2) is 12.6 Å². The molecule has 1 aromatic rings. The molecule has 1 aromatic carbocycles. The molecule has 0 saturated carbocycles. The van der Waals surface area contributed by atoms with Crippen LogP contribution in [0.4, 0.5) is 0 Å². The molecule has 0 radical (unpaired) electrons. The molecular weight excluding hydrogens is 206 g/mol. The minimum atomic E-state index is 0.474. The van der Waals surface area contributed by atoms with Gasteiger partial charge < -0.3 is 5.32 Å². The first-order valence-corrected chi connectivity index (χ1v) is 6.68. The molecule has 2 rings (SSSR count). The fraction of sp³-hybridized carbons (Fsp3) is 0.500. The molecular formula is C16H23N. The van der Waals surface area contributed by atoms with Crippen molar-refractivity contribution >= 4 is 0 Å². The third-order valence-corrected chi connectivity index (χ3v) is 3.70. The molecule has 1 N–H and O–H groups in total. The molecule has 0 saturated heterocycles. The van der Waals surface area contributed by atoms with Crippen LogP contribution in [0.25, 0.3) is 0 Å². The number of nitrogens with one attached hydrogen (secondary N) is 1. The van der Waals surface area contributed by atoms with Crippen LogP contribution in [0.5, 0.6) is 0 Å². The van der Waals surface area contributed by atoms with E-state index in [2.05, 4.69) is 50.0 Å². The summed E-state index contributed by atoms with van der Waals surface area (Å²) < 4.78 is 0. The Labute approximate surface area is 105 Å². The molecule has 1 heteroatoms.